The molecular formula is C12H17N3O2. The molecule has 1 aromatic rings. The first-order valence-corrected chi connectivity index (χ1v) is 5.85. The summed E-state index contributed by atoms with van der Waals surface area (Å²) in [6.45, 7) is 2.64. The van der Waals surface area contributed by atoms with Crippen LogP contribution >= 0.6 is 0 Å². The molecule has 1 aliphatic heterocycles. The Balaban J connectivity index is 1.82. The number of piperidine rings is 1. The van der Waals surface area contributed by atoms with E-state index in [9.17, 15) is 4.79 Å². The zero-order valence-electron chi connectivity index (χ0n) is 9.67. The number of nitrogens with one attached hydrogen (secondary N) is 1. The van der Waals surface area contributed by atoms with Crippen LogP contribution in [0, 0.1) is 5.92 Å². The topological polar surface area (TPSA) is 65.5 Å². The van der Waals surface area contributed by atoms with Gasteiger partial charge in [0.2, 0.25) is 5.91 Å². The molecular weight excluding hydrogens is 218 g/mol. The van der Waals surface area contributed by atoms with Crippen LogP contribution in [0.5, 0.6) is 0 Å². The van der Waals surface area contributed by atoms with Crippen molar-refractivity contribution in [3.8, 4) is 0 Å². The van der Waals surface area contributed by atoms with Crippen LogP contribution in [-0.2, 0) is 11.3 Å². The second-order valence-electron chi connectivity index (χ2n) is 4.39. The summed E-state index contributed by atoms with van der Waals surface area (Å²) in [6, 6.07) is 3.99. The first-order valence-electron chi connectivity index (χ1n) is 5.85. The number of hydrogen-bond donors (Lipinski definition) is 2. The Kier molecular flexibility index (Phi) is 4.06. The third-order valence-electron chi connectivity index (χ3n) is 3.20. The molecule has 1 aromatic heterocycles. The van der Waals surface area contributed by atoms with Gasteiger partial charge in [-0.3, -0.25) is 19.9 Å². The summed E-state index contributed by atoms with van der Waals surface area (Å²) in [6.07, 6.45) is 5.23. The fourth-order valence-corrected chi connectivity index (χ4v) is 2.19. The van der Waals surface area contributed by atoms with Crippen LogP contribution in [0.2, 0.25) is 0 Å². The average Bonchev–Trinajstić information content (AvgIpc) is 2.40. The summed E-state index contributed by atoms with van der Waals surface area (Å²) < 4.78 is 0. The van der Waals surface area contributed by atoms with Crippen LogP contribution in [0.15, 0.2) is 24.5 Å². The molecule has 2 N–H and O–H groups in total. The third kappa shape index (κ3) is 3.25. The highest BCUT2D eigenvalue weighted by atomic mass is 16.5. The second-order valence-corrected chi connectivity index (χ2v) is 4.39. The van der Waals surface area contributed by atoms with E-state index in [1.54, 1.807) is 11.7 Å². The SMILES string of the molecule is O=C(NO)C1CCN(Cc2cccnc2)CC1. The van der Waals surface area contributed by atoms with E-state index in [-0.39, 0.29) is 11.8 Å². The molecule has 0 bridgehead atoms. The van der Waals surface area contributed by atoms with Crippen LogP contribution in [0.1, 0.15) is 18.4 Å². The van der Waals surface area contributed by atoms with Crippen molar-refractivity contribution >= 4 is 5.91 Å². The molecule has 0 spiro atoms. The quantitative estimate of drug-likeness (QED) is 0.601. The van der Waals surface area contributed by atoms with Crippen molar-refractivity contribution in [2.24, 2.45) is 5.92 Å². The van der Waals surface area contributed by atoms with E-state index in [0.717, 1.165) is 32.5 Å². The number of pyridine rings is 1. The third-order valence-corrected chi connectivity index (χ3v) is 3.20. The molecule has 0 saturated carbocycles. The molecule has 0 aliphatic carbocycles. The molecule has 1 aliphatic rings. The van der Waals surface area contributed by atoms with Crippen molar-refractivity contribution in [2.75, 3.05) is 13.1 Å². The highest BCUT2D eigenvalue weighted by Crippen LogP contribution is 2.18. The number of aromatic nitrogens is 1. The van der Waals surface area contributed by atoms with Gasteiger partial charge in [0, 0.05) is 24.9 Å². The van der Waals surface area contributed by atoms with Gasteiger partial charge < -0.3 is 0 Å². The summed E-state index contributed by atoms with van der Waals surface area (Å²) in [5.74, 6) is -0.309. The molecule has 1 fully saturated rings. The van der Waals surface area contributed by atoms with Gasteiger partial charge in [-0.2, -0.15) is 0 Å². The van der Waals surface area contributed by atoms with E-state index in [1.165, 1.54) is 5.56 Å². The van der Waals surface area contributed by atoms with Crippen molar-refractivity contribution in [1.82, 2.24) is 15.4 Å². The zero-order valence-corrected chi connectivity index (χ0v) is 9.67. The van der Waals surface area contributed by atoms with Crippen molar-refractivity contribution in [3.63, 3.8) is 0 Å². The molecule has 1 saturated heterocycles. The molecule has 5 heteroatoms. The second kappa shape index (κ2) is 5.75. The number of amides is 1. The minimum absolute atomic E-state index is 0.0508. The number of hydrogen-bond acceptors (Lipinski definition) is 4. The van der Waals surface area contributed by atoms with E-state index in [1.807, 2.05) is 12.3 Å². The number of carbonyl (C=O) groups is 1. The van der Waals surface area contributed by atoms with E-state index in [2.05, 4.69) is 16.0 Å². The Morgan fingerprint density at radius 2 is 2.29 bits per heavy atom. The maximum atomic E-state index is 11.2. The van der Waals surface area contributed by atoms with Gasteiger partial charge in [0.1, 0.15) is 0 Å². The highest BCUT2D eigenvalue weighted by Gasteiger charge is 2.24. The molecule has 0 atom stereocenters. The van der Waals surface area contributed by atoms with Crippen LogP contribution in [0.25, 0.3) is 0 Å². The van der Waals surface area contributed by atoms with E-state index < -0.39 is 0 Å². The molecule has 2 rings (SSSR count). The van der Waals surface area contributed by atoms with E-state index >= 15 is 0 Å². The van der Waals surface area contributed by atoms with Gasteiger partial charge in [-0.05, 0) is 37.6 Å². The molecule has 2 heterocycles. The van der Waals surface area contributed by atoms with Crippen molar-refractivity contribution in [2.45, 2.75) is 19.4 Å². The van der Waals surface area contributed by atoms with Gasteiger partial charge in [-0.25, -0.2) is 5.48 Å². The Hall–Kier alpha value is -1.46. The largest absolute Gasteiger partial charge is 0.299 e. The molecule has 17 heavy (non-hydrogen) atoms. The van der Waals surface area contributed by atoms with Crippen LogP contribution in [0.3, 0.4) is 0 Å². The standard InChI is InChI=1S/C12H17N3O2/c16-12(14-17)11-3-6-15(7-4-11)9-10-2-1-5-13-8-10/h1-2,5,8,11,17H,3-4,6-7,9H2,(H,14,16). The Bertz CT molecular complexity index is 361. The molecule has 0 unspecified atom stereocenters. The lowest BCUT2D eigenvalue weighted by Gasteiger charge is -2.30. The smallest absolute Gasteiger partial charge is 0.246 e. The van der Waals surface area contributed by atoms with Crippen molar-refractivity contribution in [1.29, 1.82) is 0 Å². The lowest BCUT2D eigenvalue weighted by atomic mass is 9.96. The summed E-state index contributed by atoms with van der Waals surface area (Å²) in [7, 11) is 0. The molecule has 92 valence electrons. The first-order chi connectivity index (χ1) is 8.29. The van der Waals surface area contributed by atoms with Gasteiger partial charge in [0.25, 0.3) is 0 Å². The van der Waals surface area contributed by atoms with Gasteiger partial charge in [-0.1, -0.05) is 6.07 Å². The van der Waals surface area contributed by atoms with Crippen LogP contribution < -0.4 is 5.48 Å². The number of carbonyl (C=O) groups excluding carboxylic acids is 1. The predicted molar refractivity (Wildman–Crippen MR) is 62.2 cm³/mol. The summed E-state index contributed by atoms with van der Waals surface area (Å²) in [5, 5.41) is 8.57. The summed E-state index contributed by atoms with van der Waals surface area (Å²) in [5.41, 5.74) is 2.92. The van der Waals surface area contributed by atoms with Gasteiger partial charge >= 0.3 is 0 Å². The van der Waals surface area contributed by atoms with E-state index in [0.29, 0.717) is 0 Å². The minimum Gasteiger partial charge on any atom is -0.299 e. The fourth-order valence-electron chi connectivity index (χ4n) is 2.19. The first kappa shape index (κ1) is 12.0. The predicted octanol–water partition coefficient (Wildman–Crippen LogP) is 0.799. The number of rotatable bonds is 3. The van der Waals surface area contributed by atoms with Gasteiger partial charge in [-0.15, -0.1) is 0 Å². The molecule has 5 nitrogen and oxygen atoms in total. The lowest BCUT2D eigenvalue weighted by molar-refractivity contribution is -0.134. The molecule has 0 aromatic carbocycles. The van der Waals surface area contributed by atoms with Crippen molar-refractivity contribution in [3.05, 3.63) is 30.1 Å². The Morgan fingerprint density at radius 1 is 1.53 bits per heavy atom. The molecule has 1 amide bonds. The fraction of sp³-hybridized carbons (Fsp3) is 0.500. The monoisotopic (exact) mass is 235 g/mol. The Labute approximate surface area is 100 Å². The summed E-state index contributed by atoms with van der Waals surface area (Å²) in [4.78, 5) is 17.6. The number of hydroxylamine groups is 1. The zero-order chi connectivity index (χ0) is 12.1. The number of nitrogens with zero attached hydrogens (tertiary/aromatic N) is 2. The van der Waals surface area contributed by atoms with Crippen LogP contribution in [0.4, 0.5) is 0 Å². The normalized spacial score (nSPS) is 17.9. The highest BCUT2D eigenvalue weighted by molar-refractivity contribution is 5.77. The Morgan fingerprint density at radius 3 is 2.88 bits per heavy atom. The van der Waals surface area contributed by atoms with Gasteiger partial charge in [0.05, 0.1) is 0 Å². The molecule has 0 radical (unpaired) electrons. The number of likely N-dealkylation sites (tertiary alicyclic amines) is 1. The lowest BCUT2D eigenvalue weighted by Crippen LogP contribution is -2.39. The van der Waals surface area contributed by atoms with Crippen LogP contribution in [-0.4, -0.2) is 34.1 Å². The van der Waals surface area contributed by atoms with E-state index in [4.69, 9.17) is 5.21 Å². The minimum atomic E-state index is -0.258. The average molecular weight is 235 g/mol. The summed E-state index contributed by atoms with van der Waals surface area (Å²) >= 11 is 0. The van der Waals surface area contributed by atoms with Gasteiger partial charge in [0.15, 0.2) is 0 Å². The maximum Gasteiger partial charge on any atom is 0.246 e. The van der Waals surface area contributed by atoms with Crippen molar-refractivity contribution < 1.29 is 10.0 Å². The maximum absolute atomic E-state index is 11.2.